The summed E-state index contributed by atoms with van der Waals surface area (Å²) in [7, 11) is 1.61. The van der Waals surface area contributed by atoms with Crippen molar-refractivity contribution < 1.29 is 4.79 Å². The quantitative estimate of drug-likeness (QED) is 0.881. The van der Waals surface area contributed by atoms with Crippen molar-refractivity contribution in [2.45, 2.75) is 32.9 Å². The second-order valence-corrected chi connectivity index (χ2v) is 5.53. The molecular weight excluding hydrogens is 250 g/mol. The van der Waals surface area contributed by atoms with Crippen molar-refractivity contribution in [1.29, 1.82) is 0 Å². The summed E-state index contributed by atoms with van der Waals surface area (Å²) in [4.78, 5) is 16.0. The van der Waals surface area contributed by atoms with Gasteiger partial charge in [0.05, 0.1) is 5.57 Å². The maximum atomic E-state index is 11.5. The molecule has 1 aliphatic heterocycles. The Morgan fingerprint density at radius 1 is 1.30 bits per heavy atom. The second-order valence-electron chi connectivity index (χ2n) is 5.53. The molecule has 1 unspecified atom stereocenters. The lowest BCUT2D eigenvalue weighted by atomic mass is 9.97. The van der Waals surface area contributed by atoms with E-state index in [2.05, 4.69) is 47.7 Å². The Bertz CT molecular complexity index is 569. The summed E-state index contributed by atoms with van der Waals surface area (Å²) in [5, 5.41) is 5.82. The zero-order valence-corrected chi connectivity index (χ0v) is 12.4. The van der Waals surface area contributed by atoms with Gasteiger partial charge in [0.2, 0.25) is 0 Å². The molecule has 0 fully saturated rings. The Kier molecular flexibility index (Phi) is 3.93. The molecule has 1 aliphatic rings. The predicted molar refractivity (Wildman–Crippen MR) is 81.8 cm³/mol. The van der Waals surface area contributed by atoms with Crippen LogP contribution in [0.25, 0.3) is 0 Å². The van der Waals surface area contributed by atoms with Crippen LogP contribution < -0.4 is 10.6 Å². The Morgan fingerprint density at radius 3 is 2.45 bits per heavy atom. The average Bonchev–Trinajstić information content (AvgIpc) is 2.37. The minimum atomic E-state index is -0.405. The topological polar surface area (TPSA) is 53.5 Å². The highest BCUT2D eigenvalue weighted by atomic mass is 16.1. The number of rotatable bonds is 3. The van der Waals surface area contributed by atoms with E-state index in [9.17, 15) is 4.79 Å². The Hall–Kier alpha value is -2.10. The molecule has 2 N–H and O–H groups in total. The van der Waals surface area contributed by atoms with Crippen LogP contribution in [0.2, 0.25) is 0 Å². The van der Waals surface area contributed by atoms with E-state index < -0.39 is 5.66 Å². The third-order valence-electron chi connectivity index (χ3n) is 3.35. The van der Waals surface area contributed by atoms with Gasteiger partial charge < -0.3 is 10.6 Å². The van der Waals surface area contributed by atoms with Gasteiger partial charge in [0, 0.05) is 25.9 Å². The third kappa shape index (κ3) is 3.26. The van der Waals surface area contributed by atoms with E-state index in [4.69, 9.17) is 0 Å². The monoisotopic (exact) mass is 271 g/mol. The lowest BCUT2D eigenvalue weighted by Gasteiger charge is -2.29. The maximum Gasteiger partial charge on any atom is 0.254 e. The highest BCUT2D eigenvalue weighted by Gasteiger charge is 2.25. The first-order valence-electron chi connectivity index (χ1n) is 6.74. The van der Waals surface area contributed by atoms with Gasteiger partial charge in [0.15, 0.2) is 0 Å². The molecule has 0 aliphatic carbocycles. The fraction of sp³-hybridized carbons (Fsp3) is 0.375. The molecule has 1 heterocycles. The van der Waals surface area contributed by atoms with E-state index in [1.165, 1.54) is 16.7 Å². The van der Waals surface area contributed by atoms with Crippen LogP contribution in [-0.2, 0) is 11.2 Å². The number of hydrogen-bond acceptors (Lipinski definition) is 3. The summed E-state index contributed by atoms with van der Waals surface area (Å²) in [6.45, 7) is 6.22. The molecular formula is C16H21N3O. The van der Waals surface area contributed by atoms with Gasteiger partial charge >= 0.3 is 0 Å². The van der Waals surface area contributed by atoms with Gasteiger partial charge in [0.1, 0.15) is 5.66 Å². The van der Waals surface area contributed by atoms with E-state index in [1.54, 1.807) is 19.5 Å². The molecule has 0 aromatic heterocycles. The zero-order chi connectivity index (χ0) is 14.8. The van der Waals surface area contributed by atoms with Crippen LogP contribution >= 0.6 is 0 Å². The van der Waals surface area contributed by atoms with Gasteiger partial charge in [-0.1, -0.05) is 29.3 Å². The molecule has 20 heavy (non-hydrogen) atoms. The molecule has 0 radical (unpaired) electrons. The van der Waals surface area contributed by atoms with E-state index in [0.717, 1.165) is 6.42 Å². The standard InChI is InChI=1S/C16H21N3O/c1-11-5-12(2)7-13(6-11)8-16(3)18-9-14(10-19-16)15(20)17-4/h5-7,9-10,18H,8H2,1-4H3,(H,17,20). The molecule has 0 saturated carbocycles. The minimum Gasteiger partial charge on any atom is -0.367 e. The Morgan fingerprint density at radius 2 is 1.95 bits per heavy atom. The molecule has 0 saturated heterocycles. The van der Waals surface area contributed by atoms with E-state index in [-0.39, 0.29) is 5.91 Å². The van der Waals surface area contributed by atoms with Crippen molar-refractivity contribution >= 4 is 12.1 Å². The van der Waals surface area contributed by atoms with E-state index >= 15 is 0 Å². The van der Waals surface area contributed by atoms with Crippen LogP contribution in [0, 0.1) is 13.8 Å². The Balaban J connectivity index is 2.13. The van der Waals surface area contributed by atoms with Gasteiger partial charge in [0.25, 0.3) is 5.91 Å². The van der Waals surface area contributed by atoms with Gasteiger partial charge in [-0.15, -0.1) is 0 Å². The number of likely N-dealkylation sites (N-methyl/N-ethyl adjacent to an activating group) is 1. The van der Waals surface area contributed by atoms with Crippen molar-refractivity contribution in [3.8, 4) is 0 Å². The normalized spacial score (nSPS) is 21.1. The third-order valence-corrected chi connectivity index (χ3v) is 3.35. The highest BCUT2D eigenvalue weighted by Crippen LogP contribution is 2.20. The molecule has 0 bridgehead atoms. The minimum absolute atomic E-state index is 0.130. The lowest BCUT2D eigenvalue weighted by molar-refractivity contribution is -0.116. The molecule has 1 aromatic carbocycles. The summed E-state index contributed by atoms with van der Waals surface area (Å²) < 4.78 is 0. The molecule has 1 amide bonds. The summed E-state index contributed by atoms with van der Waals surface area (Å²) in [5.74, 6) is -0.130. The fourth-order valence-corrected chi connectivity index (χ4v) is 2.45. The van der Waals surface area contributed by atoms with Crippen molar-refractivity contribution in [1.82, 2.24) is 10.6 Å². The van der Waals surface area contributed by atoms with Gasteiger partial charge in [-0.2, -0.15) is 0 Å². The number of aliphatic imine (C=N–C) groups is 1. The van der Waals surface area contributed by atoms with Crippen LogP contribution in [0.4, 0.5) is 0 Å². The van der Waals surface area contributed by atoms with Gasteiger partial charge in [-0.25, -0.2) is 0 Å². The van der Waals surface area contributed by atoms with Crippen LogP contribution in [0.15, 0.2) is 35.0 Å². The number of nitrogens with one attached hydrogen (secondary N) is 2. The molecule has 2 rings (SSSR count). The number of amides is 1. The van der Waals surface area contributed by atoms with Crippen molar-refractivity contribution in [2.75, 3.05) is 7.05 Å². The SMILES string of the molecule is CNC(=O)C1=CNC(C)(Cc2cc(C)cc(C)c2)N=C1. The van der Waals surface area contributed by atoms with E-state index in [1.807, 2.05) is 6.92 Å². The fourth-order valence-electron chi connectivity index (χ4n) is 2.45. The number of hydrogen-bond donors (Lipinski definition) is 2. The van der Waals surface area contributed by atoms with Crippen molar-refractivity contribution in [2.24, 2.45) is 4.99 Å². The number of nitrogens with zero attached hydrogens (tertiary/aromatic N) is 1. The molecule has 0 spiro atoms. The molecule has 4 nitrogen and oxygen atoms in total. The second kappa shape index (κ2) is 5.49. The Labute approximate surface area is 120 Å². The van der Waals surface area contributed by atoms with Crippen LogP contribution in [0.3, 0.4) is 0 Å². The van der Waals surface area contributed by atoms with Crippen molar-refractivity contribution in [3.63, 3.8) is 0 Å². The molecule has 1 atom stereocenters. The van der Waals surface area contributed by atoms with Crippen LogP contribution in [-0.4, -0.2) is 24.8 Å². The molecule has 1 aromatic rings. The number of benzene rings is 1. The van der Waals surface area contributed by atoms with Crippen molar-refractivity contribution in [3.05, 3.63) is 46.7 Å². The highest BCUT2D eigenvalue weighted by molar-refractivity contribution is 6.12. The van der Waals surface area contributed by atoms with Crippen LogP contribution in [0.1, 0.15) is 23.6 Å². The first-order valence-corrected chi connectivity index (χ1v) is 6.74. The summed E-state index contributed by atoms with van der Waals surface area (Å²) in [5.41, 5.74) is 3.89. The summed E-state index contributed by atoms with van der Waals surface area (Å²) in [6.07, 6.45) is 4.15. The van der Waals surface area contributed by atoms with E-state index in [0.29, 0.717) is 5.57 Å². The number of carbonyl (C=O) groups is 1. The first-order chi connectivity index (χ1) is 9.42. The number of aryl methyl sites for hydroxylation is 2. The predicted octanol–water partition coefficient (Wildman–Crippen LogP) is 1.87. The summed E-state index contributed by atoms with van der Waals surface area (Å²) in [6, 6.07) is 6.51. The zero-order valence-electron chi connectivity index (χ0n) is 12.4. The first kappa shape index (κ1) is 14.3. The molecule has 106 valence electrons. The smallest absolute Gasteiger partial charge is 0.254 e. The lowest BCUT2D eigenvalue weighted by Crippen LogP contribution is -2.43. The van der Waals surface area contributed by atoms with Crippen LogP contribution in [0.5, 0.6) is 0 Å². The average molecular weight is 271 g/mol. The number of carbonyl (C=O) groups excluding carboxylic acids is 1. The molecule has 4 heteroatoms. The maximum absolute atomic E-state index is 11.5. The van der Waals surface area contributed by atoms with Gasteiger partial charge in [-0.3, -0.25) is 9.79 Å². The summed E-state index contributed by atoms with van der Waals surface area (Å²) >= 11 is 0. The largest absolute Gasteiger partial charge is 0.367 e. The van der Waals surface area contributed by atoms with Gasteiger partial charge in [-0.05, 0) is 26.3 Å².